The van der Waals surface area contributed by atoms with Gasteiger partial charge in [-0.1, -0.05) is 45.1 Å². The van der Waals surface area contributed by atoms with Gasteiger partial charge in [0.05, 0.1) is 12.6 Å². The fourth-order valence-corrected chi connectivity index (χ4v) is 6.37. The lowest BCUT2D eigenvalue weighted by atomic mass is 9.64. The fourth-order valence-electron chi connectivity index (χ4n) is 6.37. The molecule has 0 bridgehead atoms. The van der Waals surface area contributed by atoms with Crippen LogP contribution in [0, 0.1) is 5.92 Å². The largest absolute Gasteiger partial charge is 0.497 e. The van der Waals surface area contributed by atoms with Gasteiger partial charge in [-0.2, -0.15) is 10.1 Å². The van der Waals surface area contributed by atoms with E-state index in [4.69, 9.17) is 14.8 Å². The zero-order valence-electron chi connectivity index (χ0n) is 18.8. The number of rotatable bonds is 4. The molecule has 1 spiro atoms. The van der Waals surface area contributed by atoms with E-state index in [2.05, 4.69) is 11.6 Å². The van der Waals surface area contributed by atoms with E-state index in [1.807, 2.05) is 29.2 Å². The molecule has 2 fully saturated rings. The van der Waals surface area contributed by atoms with Crippen molar-refractivity contribution in [1.82, 2.24) is 14.8 Å². The van der Waals surface area contributed by atoms with Crippen LogP contribution in [-0.4, -0.2) is 33.8 Å². The molecular weight excluding hydrogens is 388 g/mol. The number of carbonyl (C=O) groups is 1. The number of ether oxygens (including phenoxy) is 1. The summed E-state index contributed by atoms with van der Waals surface area (Å²) in [6.45, 7) is 2.16. The maximum absolute atomic E-state index is 13.9. The highest BCUT2D eigenvalue weighted by Gasteiger charge is 2.55. The first-order valence-corrected chi connectivity index (χ1v) is 12.1. The van der Waals surface area contributed by atoms with Gasteiger partial charge in [-0.05, 0) is 50.3 Å². The summed E-state index contributed by atoms with van der Waals surface area (Å²) < 4.78 is 7.60. The number of fused-ring (bicyclic) bond motifs is 4. The van der Waals surface area contributed by atoms with Gasteiger partial charge in [-0.3, -0.25) is 9.69 Å². The predicted octanol–water partition coefficient (Wildman–Crippen LogP) is 5.12. The lowest BCUT2D eigenvalue weighted by Gasteiger charge is -2.55. The Labute approximate surface area is 185 Å². The van der Waals surface area contributed by atoms with Gasteiger partial charge in [0.2, 0.25) is 5.95 Å². The maximum atomic E-state index is 13.9. The first-order chi connectivity index (χ1) is 15.2. The lowest BCUT2D eigenvalue weighted by Crippen LogP contribution is -2.61. The van der Waals surface area contributed by atoms with Crippen LogP contribution in [0.3, 0.4) is 0 Å². The highest BCUT2D eigenvalue weighted by molar-refractivity contribution is 6.06. The number of aryl methyl sites for hydroxylation is 1. The fraction of sp³-hybridized carbons (Fsp3) is 0.640. The molecule has 1 aromatic heterocycles. The van der Waals surface area contributed by atoms with Crippen LogP contribution in [0.2, 0.25) is 0 Å². The molecule has 6 heteroatoms. The van der Waals surface area contributed by atoms with E-state index < -0.39 is 0 Å². The molecule has 0 saturated heterocycles. The van der Waals surface area contributed by atoms with Crippen LogP contribution >= 0.6 is 0 Å². The molecule has 6 nitrogen and oxygen atoms in total. The van der Waals surface area contributed by atoms with E-state index in [1.54, 1.807) is 7.11 Å². The molecule has 1 aromatic carbocycles. The number of hydrogen-bond acceptors (Lipinski definition) is 4. The van der Waals surface area contributed by atoms with Crippen molar-refractivity contribution in [1.29, 1.82) is 0 Å². The molecule has 1 aliphatic heterocycles. The van der Waals surface area contributed by atoms with Crippen molar-refractivity contribution in [3.05, 3.63) is 35.7 Å². The second-order valence-corrected chi connectivity index (χ2v) is 9.52. The second-order valence-electron chi connectivity index (χ2n) is 9.52. The molecule has 2 aromatic rings. The summed E-state index contributed by atoms with van der Waals surface area (Å²) in [4.78, 5) is 20.9. The topological polar surface area (TPSA) is 60.2 Å². The van der Waals surface area contributed by atoms with Gasteiger partial charge in [-0.15, -0.1) is 0 Å². The molecule has 2 atom stereocenters. The average Bonchev–Trinajstić information content (AvgIpc) is 3.24. The van der Waals surface area contributed by atoms with Crippen molar-refractivity contribution in [2.75, 3.05) is 12.0 Å². The normalized spacial score (nSPS) is 24.5. The van der Waals surface area contributed by atoms with E-state index >= 15 is 0 Å². The molecule has 5 rings (SSSR count). The van der Waals surface area contributed by atoms with E-state index in [0.29, 0.717) is 17.2 Å². The van der Waals surface area contributed by atoms with Crippen molar-refractivity contribution in [2.45, 2.75) is 89.1 Å². The van der Waals surface area contributed by atoms with E-state index in [1.165, 1.54) is 38.5 Å². The predicted molar refractivity (Wildman–Crippen MR) is 121 cm³/mol. The molecular formula is C25H34N4O2. The van der Waals surface area contributed by atoms with Crippen LogP contribution in [0.1, 0.15) is 87.3 Å². The second kappa shape index (κ2) is 8.29. The highest BCUT2D eigenvalue weighted by Crippen LogP contribution is 2.53. The van der Waals surface area contributed by atoms with Crippen LogP contribution in [-0.2, 0) is 12.0 Å². The summed E-state index contributed by atoms with van der Waals surface area (Å²) in [6, 6.07) is 7.72. The number of benzene rings is 1. The monoisotopic (exact) mass is 422 g/mol. The number of amides is 1. The third kappa shape index (κ3) is 3.35. The van der Waals surface area contributed by atoms with Crippen LogP contribution in [0.15, 0.2) is 24.3 Å². The zero-order valence-corrected chi connectivity index (χ0v) is 18.8. The van der Waals surface area contributed by atoms with Gasteiger partial charge in [0.1, 0.15) is 5.75 Å². The smallest absolute Gasteiger partial charge is 0.261 e. The molecule has 2 aliphatic carbocycles. The summed E-state index contributed by atoms with van der Waals surface area (Å²) in [7, 11) is 1.64. The van der Waals surface area contributed by atoms with Gasteiger partial charge in [0.15, 0.2) is 5.82 Å². The van der Waals surface area contributed by atoms with Crippen molar-refractivity contribution in [2.24, 2.45) is 5.92 Å². The highest BCUT2D eigenvalue weighted by atomic mass is 16.5. The van der Waals surface area contributed by atoms with Crippen LogP contribution in [0.25, 0.3) is 0 Å². The number of carbonyl (C=O) groups excluding carboxylic acids is 1. The summed E-state index contributed by atoms with van der Waals surface area (Å²) in [5.74, 6) is 2.85. The Morgan fingerprint density at radius 3 is 2.74 bits per heavy atom. The number of methoxy groups -OCH3 is 1. The third-order valence-corrected chi connectivity index (χ3v) is 7.75. The molecule has 0 N–H and O–H groups in total. The quantitative estimate of drug-likeness (QED) is 0.686. The SMILES string of the molecule is CCCc1nc2n(n1)C1(CCCCC1)C1CCCCC1N2C(=O)c1cccc(OC)c1. The summed E-state index contributed by atoms with van der Waals surface area (Å²) in [6.07, 6.45) is 12.6. The van der Waals surface area contributed by atoms with Gasteiger partial charge in [0.25, 0.3) is 5.91 Å². The van der Waals surface area contributed by atoms with Crippen molar-refractivity contribution in [3.63, 3.8) is 0 Å². The minimum absolute atomic E-state index is 0.0261. The summed E-state index contributed by atoms with van der Waals surface area (Å²) >= 11 is 0. The van der Waals surface area contributed by atoms with E-state index in [9.17, 15) is 4.79 Å². The van der Waals surface area contributed by atoms with Crippen LogP contribution in [0.4, 0.5) is 5.95 Å². The number of hydrogen-bond donors (Lipinski definition) is 0. The standard InChI is InChI=1S/C25H34N4O2/c1-3-10-22-26-24-28(23(30)18-11-9-12-19(17-18)31-2)21-14-6-5-13-20(21)25(29(24)27-22)15-7-4-8-16-25/h9,11-12,17,20-21H,3-8,10,13-16H2,1-2H3. The zero-order chi connectivity index (χ0) is 21.4. The number of anilines is 1. The van der Waals surface area contributed by atoms with E-state index in [0.717, 1.165) is 43.9 Å². The summed E-state index contributed by atoms with van der Waals surface area (Å²) in [5, 5.41) is 5.06. The Bertz CT molecular complexity index is 947. The average molecular weight is 423 g/mol. The first kappa shape index (κ1) is 20.5. The number of aromatic nitrogens is 3. The maximum Gasteiger partial charge on any atom is 0.261 e. The van der Waals surface area contributed by atoms with Gasteiger partial charge in [0, 0.05) is 23.9 Å². The van der Waals surface area contributed by atoms with Crippen molar-refractivity contribution >= 4 is 11.9 Å². The molecule has 2 saturated carbocycles. The molecule has 0 radical (unpaired) electrons. The molecule has 3 aliphatic rings. The molecule has 31 heavy (non-hydrogen) atoms. The Morgan fingerprint density at radius 2 is 1.97 bits per heavy atom. The third-order valence-electron chi connectivity index (χ3n) is 7.75. The lowest BCUT2D eigenvalue weighted by molar-refractivity contribution is 0.0311. The Morgan fingerprint density at radius 1 is 1.16 bits per heavy atom. The Kier molecular flexibility index (Phi) is 5.49. The molecule has 2 unspecified atom stereocenters. The van der Waals surface area contributed by atoms with Gasteiger partial charge < -0.3 is 4.74 Å². The minimum atomic E-state index is 0.0261. The Hall–Kier alpha value is -2.37. The van der Waals surface area contributed by atoms with Crippen molar-refractivity contribution < 1.29 is 9.53 Å². The summed E-state index contributed by atoms with van der Waals surface area (Å²) in [5.41, 5.74) is 0.692. The minimum Gasteiger partial charge on any atom is -0.497 e. The first-order valence-electron chi connectivity index (χ1n) is 12.1. The Balaban J connectivity index is 1.65. The van der Waals surface area contributed by atoms with Crippen molar-refractivity contribution in [3.8, 4) is 5.75 Å². The molecule has 166 valence electrons. The number of nitrogens with zero attached hydrogens (tertiary/aromatic N) is 4. The van der Waals surface area contributed by atoms with E-state index in [-0.39, 0.29) is 17.5 Å². The van der Waals surface area contributed by atoms with Crippen LogP contribution in [0.5, 0.6) is 5.75 Å². The molecule has 1 amide bonds. The van der Waals surface area contributed by atoms with Crippen LogP contribution < -0.4 is 9.64 Å². The molecule has 2 heterocycles. The van der Waals surface area contributed by atoms with Gasteiger partial charge in [-0.25, -0.2) is 4.68 Å². The van der Waals surface area contributed by atoms with Gasteiger partial charge >= 0.3 is 0 Å².